The number of carbonyl (C=O) groups excluding carboxylic acids is 2. The van der Waals surface area contributed by atoms with E-state index in [1.807, 2.05) is 24.3 Å². The molecule has 1 N–H and O–H groups in total. The number of aliphatic carboxylic acids is 1. The molecule has 1 aliphatic carbocycles. The first kappa shape index (κ1) is 25.2. The average Bonchev–Trinajstić information content (AvgIpc) is 3.16. The summed E-state index contributed by atoms with van der Waals surface area (Å²) in [6, 6.07) is 16.4. The summed E-state index contributed by atoms with van der Waals surface area (Å²) in [6.45, 7) is 1.24. The number of benzene rings is 2. The maximum absolute atomic E-state index is 12.4. The second kappa shape index (κ2) is 12.7. The van der Waals surface area contributed by atoms with Gasteiger partial charge < -0.3 is 24.2 Å². The van der Waals surface area contributed by atoms with Crippen molar-refractivity contribution in [1.29, 1.82) is 0 Å². The van der Waals surface area contributed by atoms with Crippen molar-refractivity contribution in [2.45, 2.75) is 31.6 Å². The van der Waals surface area contributed by atoms with Crippen LogP contribution in [0.2, 0.25) is 0 Å². The molecule has 3 rings (SSSR count). The van der Waals surface area contributed by atoms with E-state index in [1.54, 1.807) is 7.05 Å². The molecule has 0 unspecified atom stereocenters. The zero-order valence-electron chi connectivity index (χ0n) is 19.4. The van der Waals surface area contributed by atoms with Crippen LogP contribution in [0, 0.1) is 0 Å². The van der Waals surface area contributed by atoms with Crippen LogP contribution in [0.5, 0.6) is 0 Å². The fourth-order valence-electron chi connectivity index (χ4n) is 3.93. The van der Waals surface area contributed by atoms with Crippen LogP contribution in [-0.2, 0) is 23.8 Å². The molecule has 0 saturated heterocycles. The lowest BCUT2D eigenvalue weighted by Gasteiger charge is -2.19. The number of carboxylic acids is 1. The number of carboxylic acid groups (broad SMARTS) is 1. The van der Waals surface area contributed by atoms with Crippen molar-refractivity contribution in [3.8, 4) is 11.1 Å². The number of fused-ring (bicyclic) bond motifs is 3. The summed E-state index contributed by atoms with van der Waals surface area (Å²) in [5.41, 5.74) is 4.70. The third kappa shape index (κ3) is 7.05. The molecule has 0 aliphatic heterocycles. The Balaban J connectivity index is 1.31. The van der Waals surface area contributed by atoms with Crippen molar-refractivity contribution < 1.29 is 33.7 Å². The molecule has 0 heterocycles. The average molecular weight is 470 g/mol. The van der Waals surface area contributed by atoms with Gasteiger partial charge in [-0.2, -0.15) is 0 Å². The molecule has 2 aromatic carbocycles. The number of esters is 1. The molecule has 1 amide bonds. The number of hydrogen-bond donors (Lipinski definition) is 1. The zero-order chi connectivity index (χ0) is 24.3. The van der Waals surface area contributed by atoms with Crippen LogP contribution in [0.4, 0.5) is 4.79 Å². The van der Waals surface area contributed by atoms with Crippen LogP contribution >= 0.6 is 0 Å². The normalized spacial score (nSPS) is 12.0. The molecule has 0 fully saturated rings. The van der Waals surface area contributed by atoms with Gasteiger partial charge in [0.15, 0.2) is 0 Å². The summed E-state index contributed by atoms with van der Waals surface area (Å²) in [4.78, 5) is 35.9. The summed E-state index contributed by atoms with van der Waals surface area (Å²) in [5.74, 6) is -1.23. The molecule has 2 aromatic rings. The minimum Gasteiger partial charge on any atom is -0.481 e. The number of carbonyl (C=O) groups is 3. The number of rotatable bonds is 13. The molecule has 0 saturated carbocycles. The van der Waals surface area contributed by atoms with Crippen molar-refractivity contribution >= 4 is 18.0 Å². The summed E-state index contributed by atoms with van der Waals surface area (Å²) < 4.78 is 16.1. The number of amides is 1. The number of ether oxygens (including phenoxy) is 3. The molecule has 0 atom stereocenters. The van der Waals surface area contributed by atoms with Gasteiger partial charge in [-0.3, -0.25) is 9.59 Å². The van der Waals surface area contributed by atoms with E-state index in [0.717, 1.165) is 0 Å². The van der Waals surface area contributed by atoms with Gasteiger partial charge in [0.05, 0.1) is 13.2 Å². The molecule has 182 valence electrons. The summed E-state index contributed by atoms with van der Waals surface area (Å²) in [6.07, 6.45) is 0.754. The number of nitrogens with zero attached hydrogens (tertiary/aromatic N) is 1. The minimum atomic E-state index is -0.871. The van der Waals surface area contributed by atoms with E-state index in [9.17, 15) is 14.4 Å². The second-order valence-corrected chi connectivity index (χ2v) is 8.16. The fourth-order valence-corrected chi connectivity index (χ4v) is 3.93. The van der Waals surface area contributed by atoms with Crippen LogP contribution in [0.1, 0.15) is 42.7 Å². The fraction of sp³-hybridized carbons (Fsp3) is 0.423. The van der Waals surface area contributed by atoms with Crippen molar-refractivity contribution in [3.05, 3.63) is 59.7 Å². The van der Waals surface area contributed by atoms with Crippen LogP contribution in [-0.4, -0.2) is 68.1 Å². The van der Waals surface area contributed by atoms with E-state index in [1.165, 1.54) is 27.2 Å². The highest BCUT2D eigenvalue weighted by atomic mass is 16.6. The van der Waals surface area contributed by atoms with E-state index >= 15 is 0 Å². The standard InChI is InChI=1S/C26H31NO7/c1-27(14-15-32-16-17-33-25(30)13-7-6-12-24(28)29)26(31)34-18-23-21-10-4-2-8-19(21)20-9-3-5-11-22(20)23/h2-5,8-11,23H,6-7,12-18H2,1H3,(H,28,29). The smallest absolute Gasteiger partial charge is 0.409 e. The van der Waals surface area contributed by atoms with Crippen LogP contribution < -0.4 is 0 Å². The first-order chi connectivity index (χ1) is 16.5. The Morgan fingerprint density at radius 3 is 2.12 bits per heavy atom. The number of unbranched alkanes of at least 4 members (excludes halogenated alkanes) is 1. The molecule has 8 nitrogen and oxygen atoms in total. The topological polar surface area (TPSA) is 102 Å². The van der Waals surface area contributed by atoms with Gasteiger partial charge in [0.1, 0.15) is 13.2 Å². The summed E-state index contributed by atoms with van der Waals surface area (Å²) >= 11 is 0. The summed E-state index contributed by atoms with van der Waals surface area (Å²) in [5, 5.41) is 8.56. The van der Waals surface area contributed by atoms with Gasteiger partial charge >= 0.3 is 18.0 Å². The number of likely N-dealkylation sites (N-methyl/N-ethyl adjacent to an activating group) is 1. The second-order valence-electron chi connectivity index (χ2n) is 8.16. The van der Waals surface area contributed by atoms with E-state index in [2.05, 4.69) is 24.3 Å². The Labute approximate surface area is 199 Å². The summed E-state index contributed by atoms with van der Waals surface area (Å²) in [7, 11) is 1.65. The van der Waals surface area contributed by atoms with Crippen molar-refractivity contribution in [3.63, 3.8) is 0 Å². The van der Waals surface area contributed by atoms with Gasteiger partial charge in [-0.15, -0.1) is 0 Å². The van der Waals surface area contributed by atoms with E-state index in [4.69, 9.17) is 19.3 Å². The SMILES string of the molecule is CN(CCOCCOC(=O)CCCCC(=O)O)C(=O)OCC1c2ccccc2-c2ccccc21. The number of hydrogen-bond acceptors (Lipinski definition) is 6. The minimum absolute atomic E-state index is 0.0137. The lowest BCUT2D eigenvalue weighted by Crippen LogP contribution is -2.32. The van der Waals surface area contributed by atoms with Gasteiger partial charge in [0.25, 0.3) is 0 Å². The lowest BCUT2D eigenvalue weighted by molar-refractivity contribution is -0.145. The van der Waals surface area contributed by atoms with Crippen LogP contribution in [0.15, 0.2) is 48.5 Å². The molecular weight excluding hydrogens is 438 g/mol. The van der Waals surface area contributed by atoms with Crippen molar-refractivity contribution in [2.24, 2.45) is 0 Å². The highest BCUT2D eigenvalue weighted by Gasteiger charge is 2.29. The molecule has 0 radical (unpaired) electrons. The van der Waals surface area contributed by atoms with Crippen LogP contribution in [0.3, 0.4) is 0 Å². The molecule has 0 bridgehead atoms. The van der Waals surface area contributed by atoms with Gasteiger partial charge in [-0.1, -0.05) is 48.5 Å². The van der Waals surface area contributed by atoms with E-state index < -0.39 is 12.1 Å². The molecule has 34 heavy (non-hydrogen) atoms. The first-order valence-electron chi connectivity index (χ1n) is 11.5. The van der Waals surface area contributed by atoms with Gasteiger partial charge in [0.2, 0.25) is 0 Å². The largest absolute Gasteiger partial charge is 0.481 e. The maximum Gasteiger partial charge on any atom is 0.409 e. The Hall–Kier alpha value is -3.39. The molecule has 0 aromatic heterocycles. The quantitative estimate of drug-likeness (QED) is 0.348. The molecule has 0 spiro atoms. The highest BCUT2D eigenvalue weighted by Crippen LogP contribution is 2.44. The lowest BCUT2D eigenvalue weighted by atomic mass is 9.98. The Morgan fingerprint density at radius 1 is 0.853 bits per heavy atom. The highest BCUT2D eigenvalue weighted by molar-refractivity contribution is 5.79. The first-order valence-corrected chi connectivity index (χ1v) is 11.5. The zero-order valence-corrected chi connectivity index (χ0v) is 19.4. The van der Waals surface area contributed by atoms with Gasteiger partial charge in [-0.05, 0) is 35.1 Å². The predicted octanol–water partition coefficient (Wildman–Crippen LogP) is 4.07. The maximum atomic E-state index is 12.4. The predicted molar refractivity (Wildman–Crippen MR) is 126 cm³/mol. The molecule has 1 aliphatic rings. The Bertz CT molecular complexity index is 945. The third-order valence-corrected chi connectivity index (χ3v) is 5.73. The van der Waals surface area contributed by atoms with E-state index in [-0.39, 0.29) is 51.2 Å². The molecule has 8 heteroatoms. The van der Waals surface area contributed by atoms with Crippen LogP contribution in [0.25, 0.3) is 11.1 Å². The van der Waals surface area contributed by atoms with E-state index in [0.29, 0.717) is 19.4 Å². The van der Waals surface area contributed by atoms with Crippen molar-refractivity contribution in [2.75, 3.05) is 40.0 Å². The third-order valence-electron chi connectivity index (χ3n) is 5.73. The molecular formula is C26H31NO7. The monoisotopic (exact) mass is 469 g/mol. The van der Waals surface area contributed by atoms with Gasteiger partial charge in [0, 0.05) is 32.4 Å². The van der Waals surface area contributed by atoms with Gasteiger partial charge in [-0.25, -0.2) is 4.79 Å². The van der Waals surface area contributed by atoms with Crippen molar-refractivity contribution in [1.82, 2.24) is 4.90 Å². The Kier molecular flexibility index (Phi) is 9.46. The Morgan fingerprint density at radius 2 is 1.47 bits per heavy atom.